The normalized spacial score (nSPS) is 10.5. The van der Waals surface area contributed by atoms with Crippen LogP contribution in [0.3, 0.4) is 0 Å². The third-order valence-electron chi connectivity index (χ3n) is 3.25. The minimum absolute atomic E-state index is 0.159. The number of hydrogen-bond acceptors (Lipinski definition) is 3. The third kappa shape index (κ3) is 3.73. The monoisotopic (exact) mass is 328 g/mol. The van der Waals surface area contributed by atoms with Crippen LogP contribution in [0.4, 0.5) is 4.39 Å². The highest BCUT2D eigenvalue weighted by molar-refractivity contribution is 7.71. The number of aromatic nitrogens is 2. The first kappa shape index (κ1) is 15.2. The third-order valence-corrected chi connectivity index (χ3v) is 3.47. The van der Waals surface area contributed by atoms with Crippen molar-refractivity contribution in [3.63, 3.8) is 0 Å². The van der Waals surface area contributed by atoms with E-state index in [4.69, 9.17) is 17.0 Å². The molecule has 0 saturated carbocycles. The lowest BCUT2D eigenvalue weighted by molar-refractivity contribution is 0.442. The van der Waals surface area contributed by atoms with E-state index in [1.165, 1.54) is 6.07 Å². The van der Waals surface area contributed by atoms with Crippen molar-refractivity contribution in [2.45, 2.75) is 6.42 Å². The Bertz CT molecular complexity index is 949. The highest BCUT2D eigenvalue weighted by Crippen LogP contribution is 2.25. The van der Waals surface area contributed by atoms with Gasteiger partial charge in [0.25, 0.3) is 5.56 Å². The first-order valence-corrected chi connectivity index (χ1v) is 7.35. The van der Waals surface area contributed by atoms with Gasteiger partial charge in [-0.15, -0.1) is 0 Å². The Labute approximate surface area is 136 Å². The van der Waals surface area contributed by atoms with Crippen LogP contribution >= 0.6 is 12.2 Å². The summed E-state index contributed by atoms with van der Waals surface area (Å²) in [4.78, 5) is 17.2. The smallest absolute Gasteiger partial charge is 0.255 e. The fraction of sp³-hybridized carbons (Fsp3) is 0.0588. The van der Waals surface area contributed by atoms with Gasteiger partial charge in [0.15, 0.2) is 16.3 Å². The van der Waals surface area contributed by atoms with E-state index in [-0.39, 0.29) is 16.1 Å². The van der Waals surface area contributed by atoms with Crippen LogP contribution in [0.2, 0.25) is 0 Å². The minimum Gasteiger partial charge on any atom is -0.454 e. The molecule has 0 atom stereocenters. The summed E-state index contributed by atoms with van der Waals surface area (Å²) in [6.07, 6.45) is 2.00. The fourth-order valence-corrected chi connectivity index (χ4v) is 2.31. The number of para-hydroxylation sites is 1. The van der Waals surface area contributed by atoms with Crippen molar-refractivity contribution in [3.8, 4) is 11.5 Å². The second-order valence-corrected chi connectivity index (χ2v) is 5.36. The molecule has 0 saturated heterocycles. The van der Waals surface area contributed by atoms with Gasteiger partial charge in [0.1, 0.15) is 5.75 Å². The molecule has 0 aliphatic rings. The van der Waals surface area contributed by atoms with E-state index in [0.717, 1.165) is 5.56 Å². The zero-order chi connectivity index (χ0) is 16.2. The molecule has 1 aromatic heterocycles. The summed E-state index contributed by atoms with van der Waals surface area (Å²) in [5.41, 5.74) is 1.20. The van der Waals surface area contributed by atoms with Crippen LogP contribution in [0.15, 0.2) is 59.5 Å². The summed E-state index contributed by atoms with van der Waals surface area (Å²) in [6, 6.07) is 13.4. The molecule has 6 heteroatoms. The summed E-state index contributed by atoms with van der Waals surface area (Å²) in [5.74, 6) is 0.240. The van der Waals surface area contributed by atoms with Gasteiger partial charge in [-0.25, -0.2) is 4.39 Å². The Morgan fingerprint density at radius 1 is 1.13 bits per heavy atom. The van der Waals surface area contributed by atoms with Crippen LogP contribution in [0.25, 0.3) is 0 Å². The number of nitrogens with one attached hydrogen (secondary N) is 2. The second-order valence-electron chi connectivity index (χ2n) is 4.95. The maximum atomic E-state index is 13.6. The molecule has 3 aromatic rings. The zero-order valence-corrected chi connectivity index (χ0v) is 12.8. The van der Waals surface area contributed by atoms with E-state index in [2.05, 4.69) is 9.97 Å². The van der Waals surface area contributed by atoms with Gasteiger partial charge in [-0.1, -0.05) is 24.3 Å². The van der Waals surface area contributed by atoms with Crippen molar-refractivity contribution in [1.29, 1.82) is 0 Å². The van der Waals surface area contributed by atoms with Crippen molar-refractivity contribution >= 4 is 12.2 Å². The number of benzene rings is 2. The average molecular weight is 328 g/mol. The molecule has 0 aliphatic carbocycles. The van der Waals surface area contributed by atoms with Crippen LogP contribution < -0.4 is 10.3 Å². The molecule has 0 fully saturated rings. The highest BCUT2D eigenvalue weighted by Gasteiger charge is 2.06. The molecule has 4 nitrogen and oxygen atoms in total. The Morgan fingerprint density at radius 3 is 2.74 bits per heavy atom. The van der Waals surface area contributed by atoms with E-state index in [0.29, 0.717) is 17.7 Å². The predicted molar refractivity (Wildman–Crippen MR) is 88.0 cm³/mol. The van der Waals surface area contributed by atoms with Gasteiger partial charge in [-0.2, -0.15) is 0 Å². The standard InChI is InChI=1S/C17H13FN2O2S/c18-14-6-1-2-7-15(14)22-13-5-3-4-11(9-13)8-12-10-19-17(23)20-16(12)21/h1-7,9-10H,8H2,(H2,19,20,21,23). The minimum atomic E-state index is -0.426. The molecule has 0 bridgehead atoms. The van der Waals surface area contributed by atoms with Crippen LogP contribution in [0, 0.1) is 10.6 Å². The number of ether oxygens (including phenoxy) is 1. The molecular formula is C17H13FN2O2S. The molecule has 0 radical (unpaired) electrons. The van der Waals surface area contributed by atoms with Crippen molar-refractivity contribution in [1.82, 2.24) is 9.97 Å². The molecule has 2 N–H and O–H groups in total. The molecule has 116 valence electrons. The molecule has 23 heavy (non-hydrogen) atoms. The van der Waals surface area contributed by atoms with Crippen molar-refractivity contribution in [3.05, 3.63) is 86.8 Å². The fourth-order valence-electron chi connectivity index (χ4n) is 2.16. The number of aromatic amines is 2. The molecular weight excluding hydrogens is 315 g/mol. The molecule has 1 heterocycles. The van der Waals surface area contributed by atoms with Gasteiger partial charge >= 0.3 is 0 Å². The van der Waals surface area contributed by atoms with Crippen molar-refractivity contribution in [2.24, 2.45) is 0 Å². The number of rotatable bonds is 4. The number of halogens is 1. The summed E-state index contributed by atoms with van der Waals surface area (Å²) in [5, 5.41) is 0. The van der Waals surface area contributed by atoms with Crippen LogP contribution in [0.1, 0.15) is 11.1 Å². The first-order chi connectivity index (χ1) is 11.1. The molecule has 2 aromatic carbocycles. The van der Waals surface area contributed by atoms with E-state index >= 15 is 0 Å². The lowest BCUT2D eigenvalue weighted by Crippen LogP contribution is -2.13. The van der Waals surface area contributed by atoms with E-state index in [1.807, 2.05) is 6.07 Å². The molecule has 0 amide bonds. The predicted octanol–water partition coefficient (Wildman–Crippen LogP) is 3.95. The largest absolute Gasteiger partial charge is 0.454 e. The Hall–Kier alpha value is -2.73. The average Bonchev–Trinajstić information content (AvgIpc) is 2.53. The molecule has 3 rings (SSSR count). The quantitative estimate of drug-likeness (QED) is 0.713. The van der Waals surface area contributed by atoms with Gasteiger partial charge in [0.2, 0.25) is 0 Å². The topological polar surface area (TPSA) is 57.9 Å². The van der Waals surface area contributed by atoms with Gasteiger partial charge < -0.3 is 9.72 Å². The zero-order valence-electron chi connectivity index (χ0n) is 12.0. The van der Waals surface area contributed by atoms with E-state index in [1.54, 1.807) is 42.6 Å². The summed E-state index contributed by atoms with van der Waals surface area (Å²) in [6.45, 7) is 0. The maximum Gasteiger partial charge on any atom is 0.255 e. The van der Waals surface area contributed by atoms with E-state index in [9.17, 15) is 9.18 Å². The number of H-pyrrole nitrogens is 2. The Kier molecular flexibility index (Phi) is 4.34. The molecule has 0 spiro atoms. The summed E-state index contributed by atoms with van der Waals surface area (Å²) < 4.78 is 19.5. The Morgan fingerprint density at radius 2 is 1.96 bits per heavy atom. The number of hydrogen-bond donors (Lipinski definition) is 2. The lowest BCUT2D eigenvalue weighted by atomic mass is 10.1. The summed E-state index contributed by atoms with van der Waals surface area (Å²) in [7, 11) is 0. The first-order valence-electron chi connectivity index (χ1n) is 6.94. The van der Waals surface area contributed by atoms with Crippen molar-refractivity contribution in [2.75, 3.05) is 0 Å². The van der Waals surface area contributed by atoms with Crippen LogP contribution in [0.5, 0.6) is 11.5 Å². The molecule has 0 aliphatic heterocycles. The highest BCUT2D eigenvalue weighted by atomic mass is 32.1. The van der Waals surface area contributed by atoms with Gasteiger partial charge in [0.05, 0.1) is 0 Å². The van der Waals surface area contributed by atoms with Crippen molar-refractivity contribution < 1.29 is 9.13 Å². The molecule has 0 unspecified atom stereocenters. The van der Waals surface area contributed by atoms with Gasteiger partial charge in [0, 0.05) is 18.2 Å². The summed E-state index contributed by atoms with van der Waals surface area (Å²) >= 11 is 4.86. The van der Waals surface area contributed by atoms with Crippen LogP contribution in [-0.4, -0.2) is 9.97 Å². The Balaban J connectivity index is 1.84. The van der Waals surface area contributed by atoms with Crippen LogP contribution in [-0.2, 0) is 6.42 Å². The maximum absolute atomic E-state index is 13.6. The van der Waals surface area contributed by atoms with E-state index < -0.39 is 5.82 Å². The SMILES string of the molecule is O=c1[nH]c(=S)[nH]cc1Cc1cccc(Oc2ccccc2F)c1. The van der Waals surface area contributed by atoms with Gasteiger partial charge in [-0.05, 0) is 42.0 Å². The lowest BCUT2D eigenvalue weighted by Gasteiger charge is -2.08. The van der Waals surface area contributed by atoms with Gasteiger partial charge in [-0.3, -0.25) is 9.78 Å². The second kappa shape index (κ2) is 6.58.